The third-order valence-corrected chi connectivity index (χ3v) is 4.04. The molecule has 0 spiro atoms. The molecule has 20 heavy (non-hydrogen) atoms. The Morgan fingerprint density at radius 2 is 2.25 bits per heavy atom. The topological polar surface area (TPSA) is 49.8 Å². The van der Waals surface area contributed by atoms with Crippen molar-refractivity contribution in [1.82, 2.24) is 4.90 Å². The second-order valence-electron chi connectivity index (χ2n) is 4.76. The van der Waals surface area contributed by atoms with Gasteiger partial charge in [0.15, 0.2) is 6.61 Å². The summed E-state index contributed by atoms with van der Waals surface area (Å²) in [5, 5.41) is 9.03. The molecule has 1 aromatic rings. The fourth-order valence-electron chi connectivity index (χ4n) is 2.13. The van der Waals surface area contributed by atoms with Crippen molar-refractivity contribution in [3.8, 4) is 5.75 Å². The lowest BCUT2D eigenvalue weighted by Gasteiger charge is -2.37. The van der Waals surface area contributed by atoms with E-state index in [1.807, 2.05) is 0 Å². The summed E-state index contributed by atoms with van der Waals surface area (Å²) >= 11 is 3.19. The number of benzene rings is 1. The van der Waals surface area contributed by atoms with E-state index in [1.165, 1.54) is 18.2 Å². The van der Waals surface area contributed by atoms with E-state index in [9.17, 15) is 9.18 Å². The number of nitrogens with zero attached hydrogens (tertiary/aromatic N) is 1. The molecule has 0 aliphatic heterocycles. The summed E-state index contributed by atoms with van der Waals surface area (Å²) in [6.45, 7) is 0.167. The van der Waals surface area contributed by atoms with Gasteiger partial charge < -0.3 is 14.7 Å². The zero-order valence-electron chi connectivity index (χ0n) is 11.0. The molecule has 1 aliphatic rings. The van der Waals surface area contributed by atoms with Crippen LogP contribution in [-0.2, 0) is 4.79 Å². The van der Waals surface area contributed by atoms with Gasteiger partial charge in [0.2, 0.25) is 0 Å². The minimum atomic E-state index is -0.369. The van der Waals surface area contributed by atoms with Crippen LogP contribution in [0.3, 0.4) is 0 Å². The van der Waals surface area contributed by atoms with E-state index in [4.69, 9.17) is 9.84 Å². The third-order valence-electron chi connectivity index (χ3n) is 3.42. The Labute approximate surface area is 125 Å². The van der Waals surface area contributed by atoms with Crippen LogP contribution in [0.4, 0.5) is 4.39 Å². The maximum atomic E-state index is 12.9. The van der Waals surface area contributed by atoms with Crippen molar-refractivity contribution >= 4 is 21.8 Å². The second-order valence-corrected chi connectivity index (χ2v) is 5.61. The van der Waals surface area contributed by atoms with Gasteiger partial charge in [-0.1, -0.05) is 0 Å². The quantitative estimate of drug-likeness (QED) is 0.860. The number of ether oxygens (including phenoxy) is 1. The van der Waals surface area contributed by atoms with Crippen LogP contribution < -0.4 is 4.74 Å². The third kappa shape index (κ3) is 3.70. The van der Waals surface area contributed by atoms with Gasteiger partial charge in [0, 0.05) is 12.6 Å². The first-order valence-corrected chi connectivity index (χ1v) is 7.39. The van der Waals surface area contributed by atoms with E-state index in [2.05, 4.69) is 15.9 Å². The molecule has 0 atom stereocenters. The Bertz CT molecular complexity index is 479. The molecule has 1 aliphatic carbocycles. The highest BCUT2D eigenvalue weighted by atomic mass is 79.9. The number of amides is 1. The molecule has 110 valence electrons. The number of carbonyl (C=O) groups is 1. The summed E-state index contributed by atoms with van der Waals surface area (Å²) < 4.78 is 18.8. The van der Waals surface area contributed by atoms with Crippen LogP contribution in [0.2, 0.25) is 0 Å². The average Bonchev–Trinajstić information content (AvgIpc) is 2.34. The van der Waals surface area contributed by atoms with Crippen molar-refractivity contribution in [2.75, 3.05) is 19.8 Å². The van der Waals surface area contributed by atoms with Crippen LogP contribution in [0.25, 0.3) is 0 Å². The molecule has 1 aromatic carbocycles. The largest absolute Gasteiger partial charge is 0.483 e. The van der Waals surface area contributed by atoms with Crippen LogP contribution in [-0.4, -0.2) is 41.7 Å². The van der Waals surface area contributed by atoms with Gasteiger partial charge in [-0.2, -0.15) is 0 Å². The first-order chi connectivity index (χ1) is 9.61. The van der Waals surface area contributed by atoms with Crippen molar-refractivity contribution < 1.29 is 19.0 Å². The van der Waals surface area contributed by atoms with Crippen LogP contribution in [0.15, 0.2) is 22.7 Å². The summed E-state index contributed by atoms with van der Waals surface area (Å²) in [6, 6.07) is 4.26. The van der Waals surface area contributed by atoms with Crippen LogP contribution in [0.5, 0.6) is 5.75 Å². The van der Waals surface area contributed by atoms with Gasteiger partial charge in [-0.3, -0.25) is 4.79 Å². The first-order valence-electron chi connectivity index (χ1n) is 6.60. The van der Waals surface area contributed by atoms with Crippen LogP contribution in [0.1, 0.15) is 19.3 Å². The number of hydrogen-bond acceptors (Lipinski definition) is 3. The molecule has 0 bridgehead atoms. The van der Waals surface area contributed by atoms with Crippen molar-refractivity contribution in [3.63, 3.8) is 0 Å². The van der Waals surface area contributed by atoms with Gasteiger partial charge in [0.25, 0.3) is 5.91 Å². The molecule has 4 nitrogen and oxygen atoms in total. The molecular formula is C14H17BrFNO3. The highest BCUT2D eigenvalue weighted by Crippen LogP contribution is 2.27. The van der Waals surface area contributed by atoms with Gasteiger partial charge >= 0.3 is 0 Å². The monoisotopic (exact) mass is 345 g/mol. The molecular weight excluding hydrogens is 329 g/mol. The molecule has 0 heterocycles. The molecule has 0 unspecified atom stereocenters. The van der Waals surface area contributed by atoms with E-state index < -0.39 is 0 Å². The zero-order chi connectivity index (χ0) is 14.5. The van der Waals surface area contributed by atoms with E-state index in [0.29, 0.717) is 16.8 Å². The normalized spacial score (nSPS) is 14.8. The second kappa shape index (κ2) is 7.04. The standard InChI is InChI=1S/C14H17BrFNO3/c15-12-8-10(16)4-5-13(12)20-9-14(19)17(6-7-18)11-2-1-3-11/h4-5,8,11,18H,1-3,6-7,9H2. The molecule has 0 saturated heterocycles. The molecule has 0 radical (unpaired) electrons. The average molecular weight is 346 g/mol. The van der Waals surface area contributed by atoms with Crippen molar-refractivity contribution in [2.45, 2.75) is 25.3 Å². The molecule has 6 heteroatoms. The van der Waals surface area contributed by atoms with Crippen LogP contribution in [0, 0.1) is 5.82 Å². The summed E-state index contributed by atoms with van der Waals surface area (Å²) in [5.74, 6) is -0.0933. The smallest absolute Gasteiger partial charge is 0.260 e. The Kier molecular flexibility index (Phi) is 5.37. The lowest BCUT2D eigenvalue weighted by Crippen LogP contribution is -2.47. The lowest BCUT2D eigenvalue weighted by atomic mass is 9.91. The highest BCUT2D eigenvalue weighted by molar-refractivity contribution is 9.10. The van der Waals surface area contributed by atoms with Crippen molar-refractivity contribution in [2.24, 2.45) is 0 Å². The molecule has 2 rings (SSSR count). The number of rotatable bonds is 6. The minimum absolute atomic E-state index is 0.0531. The molecule has 1 amide bonds. The predicted octanol–water partition coefficient (Wildman–Crippen LogP) is 2.34. The predicted molar refractivity (Wildman–Crippen MR) is 76.0 cm³/mol. The van der Waals surface area contributed by atoms with E-state index in [1.54, 1.807) is 4.90 Å². The van der Waals surface area contributed by atoms with E-state index in [-0.39, 0.29) is 31.0 Å². The SMILES string of the molecule is O=C(COc1ccc(F)cc1Br)N(CCO)C1CCC1. The van der Waals surface area contributed by atoms with Crippen molar-refractivity contribution in [3.05, 3.63) is 28.5 Å². The van der Waals surface area contributed by atoms with E-state index in [0.717, 1.165) is 19.3 Å². The number of halogens is 2. The Morgan fingerprint density at radius 1 is 1.50 bits per heavy atom. The molecule has 1 fully saturated rings. The summed E-state index contributed by atoms with van der Waals surface area (Å²) in [5.41, 5.74) is 0. The number of hydrogen-bond donors (Lipinski definition) is 1. The van der Waals surface area contributed by atoms with Crippen molar-refractivity contribution in [1.29, 1.82) is 0 Å². The summed E-state index contributed by atoms with van der Waals surface area (Å²) in [7, 11) is 0. The number of aliphatic hydroxyl groups is 1. The molecule has 0 aromatic heterocycles. The lowest BCUT2D eigenvalue weighted by molar-refractivity contribution is -0.138. The van der Waals surface area contributed by atoms with Gasteiger partial charge in [0.1, 0.15) is 11.6 Å². The molecule has 1 N–H and O–H groups in total. The maximum absolute atomic E-state index is 12.9. The number of aliphatic hydroxyl groups excluding tert-OH is 1. The van der Waals surface area contributed by atoms with Gasteiger partial charge in [0.05, 0.1) is 11.1 Å². The fourth-order valence-corrected chi connectivity index (χ4v) is 2.60. The summed E-state index contributed by atoms with van der Waals surface area (Å²) in [6.07, 6.45) is 3.07. The van der Waals surface area contributed by atoms with Crippen LogP contribution >= 0.6 is 15.9 Å². The summed E-state index contributed by atoms with van der Waals surface area (Å²) in [4.78, 5) is 13.8. The Morgan fingerprint density at radius 3 is 2.80 bits per heavy atom. The highest BCUT2D eigenvalue weighted by Gasteiger charge is 2.28. The number of carbonyl (C=O) groups excluding carboxylic acids is 1. The fraction of sp³-hybridized carbons (Fsp3) is 0.500. The zero-order valence-corrected chi connectivity index (χ0v) is 12.6. The minimum Gasteiger partial charge on any atom is -0.483 e. The van der Waals surface area contributed by atoms with Gasteiger partial charge in [-0.25, -0.2) is 4.39 Å². The Hall–Kier alpha value is -1.14. The van der Waals surface area contributed by atoms with Gasteiger partial charge in [-0.05, 0) is 53.4 Å². The maximum Gasteiger partial charge on any atom is 0.260 e. The van der Waals surface area contributed by atoms with Gasteiger partial charge in [-0.15, -0.1) is 0 Å². The Balaban J connectivity index is 1.92. The first kappa shape index (κ1) is 15.3. The molecule has 1 saturated carbocycles. The van der Waals surface area contributed by atoms with E-state index >= 15 is 0 Å².